The average Bonchev–Trinajstić information content (AvgIpc) is 3.06. The molecule has 2 aliphatic carbocycles. The quantitative estimate of drug-likeness (QED) is 0.749. The van der Waals surface area contributed by atoms with Gasteiger partial charge < -0.3 is 5.11 Å². The zero-order chi connectivity index (χ0) is 19.0. The Balaban J connectivity index is 1.69. The molecule has 1 saturated carbocycles. The Hall–Kier alpha value is -2.20. The van der Waals surface area contributed by atoms with Crippen molar-refractivity contribution in [2.75, 3.05) is 0 Å². The van der Waals surface area contributed by atoms with Crippen LogP contribution in [-0.4, -0.2) is 21.0 Å². The number of aromatic nitrogens is 2. The van der Waals surface area contributed by atoms with E-state index < -0.39 is 0 Å². The molecule has 4 heteroatoms. The number of rotatable bonds is 5. The normalized spacial score (nSPS) is 25.3. The van der Waals surface area contributed by atoms with Crippen molar-refractivity contribution in [3.05, 3.63) is 65.8 Å². The predicted molar refractivity (Wildman–Crippen MR) is 106 cm³/mol. The fourth-order valence-corrected chi connectivity index (χ4v) is 4.97. The molecular formula is C23H27FN2O. The van der Waals surface area contributed by atoms with Crippen molar-refractivity contribution < 1.29 is 9.50 Å². The maximum Gasteiger partial charge on any atom is 0.123 e. The maximum atomic E-state index is 13.3. The molecule has 0 saturated heterocycles. The summed E-state index contributed by atoms with van der Waals surface area (Å²) in [5.74, 6) is 0.0223. The lowest BCUT2D eigenvalue weighted by atomic mass is 9.58. The van der Waals surface area contributed by atoms with E-state index in [9.17, 15) is 9.50 Å². The first kappa shape index (κ1) is 18.2. The van der Waals surface area contributed by atoms with Crippen molar-refractivity contribution in [2.45, 2.75) is 51.6 Å². The largest absolute Gasteiger partial charge is 0.393 e. The first-order valence-electron chi connectivity index (χ1n) is 9.86. The molecule has 1 heterocycles. The molecule has 2 aromatic rings. The minimum absolute atomic E-state index is 0.0253. The molecule has 1 aromatic heterocycles. The summed E-state index contributed by atoms with van der Waals surface area (Å²) in [5.41, 5.74) is 4.55. The molecule has 0 aliphatic heterocycles. The van der Waals surface area contributed by atoms with Crippen LogP contribution < -0.4 is 0 Å². The van der Waals surface area contributed by atoms with Gasteiger partial charge in [0.25, 0.3) is 0 Å². The molecule has 3 atom stereocenters. The van der Waals surface area contributed by atoms with Gasteiger partial charge in [-0.3, -0.25) is 0 Å². The summed E-state index contributed by atoms with van der Waals surface area (Å²) in [4.78, 5) is 0. The molecule has 1 aromatic carbocycles. The third-order valence-corrected chi connectivity index (χ3v) is 6.47. The van der Waals surface area contributed by atoms with Gasteiger partial charge in [0.15, 0.2) is 0 Å². The van der Waals surface area contributed by atoms with Crippen molar-refractivity contribution in [3.63, 3.8) is 0 Å². The van der Waals surface area contributed by atoms with Crippen LogP contribution in [0.5, 0.6) is 0 Å². The van der Waals surface area contributed by atoms with Gasteiger partial charge in [-0.05, 0) is 85.8 Å². The van der Waals surface area contributed by atoms with Crippen molar-refractivity contribution in [1.82, 2.24) is 9.78 Å². The molecule has 4 rings (SSSR count). The first-order valence-corrected chi connectivity index (χ1v) is 9.86. The van der Waals surface area contributed by atoms with E-state index in [4.69, 9.17) is 0 Å². The van der Waals surface area contributed by atoms with Gasteiger partial charge >= 0.3 is 0 Å². The second kappa shape index (κ2) is 7.08. The Morgan fingerprint density at radius 1 is 1.41 bits per heavy atom. The third-order valence-electron chi connectivity index (χ3n) is 6.47. The molecule has 1 fully saturated rings. The van der Waals surface area contributed by atoms with Gasteiger partial charge in [0.2, 0.25) is 0 Å². The van der Waals surface area contributed by atoms with Crippen LogP contribution in [-0.2, 0) is 6.42 Å². The van der Waals surface area contributed by atoms with E-state index >= 15 is 0 Å². The molecule has 27 heavy (non-hydrogen) atoms. The summed E-state index contributed by atoms with van der Waals surface area (Å²) in [6.45, 7) is 6.09. The fraction of sp³-hybridized carbons (Fsp3) is 0.435. The summed E-state index contributed by atoms with van der Waals surface area (Å²) >= 11 is 0. The van der Waals surface area contributed by atoms with E-state index in [0.717, 1.165) is 49.9 Å². The fourth-order valence-electron chi connectivity index (χ4n) is 4.97. The van der Waals surface area contributed by atoms with E-state index in [1.165, 1.54) is 23.3 Å². The number of hydrogen-bond acceptors (Lipinski definition) is 2. The monoisotopic (exact) mass is 366 g/mol. The molecule has 0 amide bonds. The molecule has 2 aliphatic rings. The van der Waals surface area contributed by atoms with Crippen LogP contribution in [0.1, 0.15) is 50.3 Å². The summed E-state index contributed by atoms with van der Waals surface area (Å²) in [7, 11) is 0. The molecule has 0 unspecified atom stereocenters. The summed E-state index contributed by atoms with van der Waals surface area (Å²) in [6, 6.07) is 6.46. The number of aliphatic hydroxyl groups is 1. The lowest BCUT2D eigenvalue weighted by molar-refractivity contribution is 0.0184. The Labute approximate surface area is 160 Å². The van der Waals surface area contributed by atoms with Crippen LogP contribution in [0.3, 0.4) is 0 Å². The highest BCUT2D eigenvalue weighted by atomic mass is 19.1. The maximum absolute atomic E-state index is 13.3. The summed E-state index contributed by atoms with van der Waals surface area (Å²) in [5, 5.41) is 15.4. The van der Waals surface area contributed by atoms with Crippen molar-refractivity contribution in [2.24, 2.45) is 11.3 Å². The lowest BCUT2D eigenvalue weighted by Crippen LogP contribution is -2.43. The molecular weight excluding hydrogens is 339 g/mol. The smallest absolute Gasteiger partial charge is 0.123 e. The highest BCUT2D eigenvalue weighted by molar-refractivity contribution is 5.61. The van der Waals surface area contributed by atoms with Crippen molar-refractivity contribution >= 4 is 6.08 Å². The van der Waals surface area contributed by atoms with E-state index in [1.54, 1.807) is 12.1 Å². The van der Waals surface area contributed by atoms with Gasteiger partial charge in [0, 0.05) is 0 Å². The molecule has 3 nitrogen and oxygen atoms in total. The third kappa shape index (κ3) is 3.16. The number of hydrogen-bond donors (Lipinski definition) is 1. The van der Waals surface area contributed by atoms with Crippen LogP contribution in [0.15, 0.2) is 48.7 Å². The van der Waals surface area contributed by atoms with Crippen molar-refractivity contribution in [3.8, 4) is 5.69 Å². The van der Waals surface area contributed by atoms with E-state index in [-0.39, 0.29) is 23.3 Å². The number of aliphatic hydroxyl groups excluding tert-OH is 1. The summed E-state index contributed by atoms with van der Waals surface area (Å²) in [6.07, 6.45) is 11.5. The Morgan fingerprint density at radius 2 is 2.19 bits per heavy atom. The molecule has 0 spiro atoms. The molecule has 1 N–H and O–H groups in total. The molecule has 0 radical (unpaired) electrons. The van der Waals surface area contributed by atoms with Crippen LogP contribution >= 0.6 is 0 Å². The van der Waals surface area contributed by atoms with Crippen LogP contribution in [0, 0.1) is 17.2 Å². The Kier molecular flexibility index (Phi) is 4.77. The van der Waals surface area contributed by atoms with E-state index in [0.29, 0.717) is 0 Å². The minimum atomic E-state index is -0.301. The Bertz CT molecular complexity index is 867. The second-order valence-electron chi connectivity index (χ2n) is 8.14. The number of nitrogens with zero attached hydrogens (tertiary/aromatic N) is 2. The standard InChI is InChI=1S/C23H27FN2O/c1-3-4-8-22(27)20-7-5-6-17-13-21-16(14-23(17,20)2)15-25-26(21)19-11-9-18(24)10-12-19/h3,9-13,15,20,22,27H,1,4-8,14H2,2H3/t20-,22+,23+/m1/s1. The number of fused-ring (bicyclic) bond motifs is 2. The molecule has 0 bridgehead atoms. The second-order valence-corrected chi connectivity index (χ2v) is 8.14. The van der Waals surface area contributed by atoms with Gasteiger partial charge in [0.1, 0.15) is 5.82 Å². The minimum Gasteiger partial charge on any atom is -0.393 e. The summed E-state index contributed by atoms with van der Waals surface area (Å²) < 4.78 is 15.2. The molecule has 142 valence electrons. The number of halogens is 1. The van der Waals surface area contributed by atoms with Gasteiger partial charge in [-0.2, -0.15) is 5.10 Å². The van der Waals surface area contributed by atoms with Crippen LogP contribution in [0.25, 0.3) is 11.8 Å². The van der Waals surface area contributed by atoms with Gasteiger partial charge in [-0.15, -0.1) is 6.58 Å². The SMILES string of the molecule is C=CCC[C@H](O)[C@H]1CCCC2=Cc3c(cnn3-c3ccc(F)cc3)C[C@@]21C. The average molecular weight is 366 g/mol. The van der Waals surface area contributed by atoms with Gasteiger partial charge in [0.05, 0.1) is 23.7 Å². The number of benzene rings is 1. The van der Waals surface area contributed by atoms with Crippen molar-refractivity contribution in [1.29, 1.82) is 0 Å². The van der Waals surface area contributed by atoms with E-state index in [1.807, 2.05) is 17.0 Å². The highest BCUT2D eigenvalue weighted by Crippen LogP contribution is 2.52. The highest BCUT2D eigenvalue weighted by Gasteiger charge is 2.45. The van der Waals surface area contributed by atoms with E-state index in [2.05, 4.69) is 24.7 Å². The van der Waals surface area contributed by atoms with Crippen LogP contribution in [0.2, 0.25) is 0 Å². The number of allylic oxidation sites excluding steroid dienone is 2. The zero-order valence-corrected chi connectivity index (χ0v) is 15.9. The van der Waals surface area contributed by atoms with Gasteiger partial charge in [-0.25, -0.2) is 9.07 Å². The van der Waals surface area contributed by atoms with Gasteiger partial charge in [-0.1, -0.05) is 18.6 Å². The lowest BCUT2D eigenvalue weighted by Gasteiger charge is -2.47. The first-order chi connectivity index (χ1) is 13.0. The van der Waals surface area contributed by atoms with Crippen LogP contribution in [0.4, 0.5) is 4.39 Å². The Morgan fingerprint density at radius 3 is 2.93 bits per heavy atom. The zero-order valence-electron chi connectivity index (χ0n) is 15.9. The predicted octanol–water partition coefficient (Wildman–Crippen LogP) is 5.08. The topological polar surface area (TPSA) is 38.1 Å².